The summed E-state index contributed by atoms with van der Waals surface area (Å²) in [5, 5.41) is 0. The summed E-state index contributed by atoms with van der Waals surface area (Å²) >= 11 is 0. The lowest BCUT2D eigenvalue weighted by atomic mass is 10.1. The fraction of sp³-hybridized carbons (Fsp3) is 0.857. The highest BCUT2D eigenvalue weighted by molar-refractivity contribution is 7.87. The molecule has 1 N–H and O–H groups in total. The van der Waals surface area contributed by atoms with Crippen LogP contribution in [0.2, 0.25) is 0 Å². The highest BCUT2D eigenvalue weighted by Crippen LogP contribution is 2.26. The van der Waals surface area contributed by atoms with E-state index < -0.39 is 15.0 Å². The first-order chi connectivity index (χ1) is 5.81. The van der Waals surface area contributed by atoms with E-state index in [1.54, 1.807) is 6.92 Å². The molecule has 0 heterocycles. The molecule has 0 aliphatic carbocycles. The van der Waals surface area contributed by atoms with E-state index in [2.05, 4.69) is 0 Å². The molecule has 1 unspecified atom stereocenters. The normalized spacial score (nSPS) is 17.0. The molecule has 5 nitrogen and oxygen atoms in total. The lowest BCUT2D eigenvalue weighted by molar-refractivity contribution is -0.109. The van der Waals surface area contributed by atoms with E-state index in [-0.39, 0.29) is 12.8 Å². The second kappa shape index (κ2) is 4.17. The van der Waals surface area contributed by atoms with Gasteiger partial charge in [0.2, 0.25) is 0 Å². The first-order valence-corrected chi connectivity index (χ1v) is 5.34. The van der Waals surface area contributed by atoms with Gasteiger partial charge in [-0.1, -0.05) is 6.92 Å². The van der Waals surface area contributed by atoms with E-state index in [1.807, 2.05) is 0 Å². The molecule has 0 radical (unpaired) electrons. The average Bonchev–Trinajstić information content (AvgIpc) is 1.96. The van der Waals surface area contributed by atoms with Crippen molar-refractivity contribution in [2.75, 3.05) is 14.1 Å². The fourth-order valence-corrected chi connectivity index (χ4v) is 2.40. The molecule has 78 valence electrons. The lowest BCUT2D eigenvalue weighted by Crippen LogP contribution is -2.50. The van der Waals surface area contributed by atoms with Gasteiger partial charge in [0, 0.05) is 6.42 Å². The van der Waals surface area contributed by atoms with Crippen LogP contribution in [0.15, 0.2) is 0 Å². The van der Waals surface area contributed by atoms with Crippen molar-refractivity contribution in [3.05, 3.63) is 0 Å². The molecule has 0 aromatic carbocycles. The number of rotatable bonds is 5. The lowest BCUT2D eigenvalue weighted by Gasteiger charge is -2.34. The number of nitrogens with zero attached hydrogens (tertiary/aromatic N) is 1. The summed E-state index contributed by atoms with van der Waals surface area (Å²) in [5.74, 6) is 0. The van der Waals surface area contributed by atoms with Crippen molar-refractivity contribution in [2.45, 2.75) is 24.6 Å². The maximum Gasteiger partial charge on any atom is 0.284 e. The van der Waals surface area contributed by atoms with Crippen molar-refractivity contribution in [1.82, 2.24) is 4.90 Å². The van der Waals surface area contributed by atoms with Crippen LogP contribution < -0.4 is 0 Å². The van der Waals surface area contributed by atoms with Crippen molar-refractivity contribution in [3.8, 4) is 0 Å². The number of carbonyl (C=O) groups is 1. The Bertz CT molecular complexity index is 272. The predicted octanol–water partition coefficient (Wildman–Crippen LogP) is 0.131. The van der Waals surface area contributed by atoms with Crippen LogP contribution >= 0.6 is 0 Å². The zero-order chi connectivity index (χ0) is 10.7. The van der Waals surface area contributed by atoms with Crippen LogP contribution in [-0.2, 0) is 14.9 Å². The van der Waals surface area contributed by atoms with E-state index >= 15 is 0 Å². The van der Waals surface area contributed by atoms with Crippen molar-refractivity contribution in [3.63, 3.8) is 0 Å². The topological polar surface area (TPSA) is 74.7 Å². The van der Waals surface area contributed by atoms with Gasteiger partial charge in [0.05, 0.1) is 0 Å². The summed E-state index contributed by atoms with van der Waals surface area (Å²) in [6.45, 7) is 1.61. The second-order valence-corrected chi connectivity index (χ2v) is 4.75. The van der Waals surface area contributed by atoms with Crippen molar-refractivity contribution in [1.29, 1.82) is 0 Å². The van der Waals surface area contributed by atoms with E-state index in [0.29, 0.717) is 6.29 Å². The Morgan fingerprint density at radius 1 is 1.46 bits per heavy atom. The molecule has 1 atom stereocenters. The van der Waals surface area contributed by atoms with Gasteiger partial charge in [-0.25, -0.2) is 0 Å². The first kappa shape index (κ1) is 12.5. The van der Waals surface area contributed by atoms with E-state index in [1.165, 1.54) is 19.0 Å². The third kappa shape index (κ3) is 2.26. The Balaban J connectivity index is 5.23. The maximum absolute atomic E-state index is 11.1. The largest absolute Gasteiger partial charge is 0.303 e. The molecule has 0 fully saturated rings. The van der Waals surface area contributed by atoms with Crippen LogP contribution in [-0.4, -0.2) is 43.1 Å². The van der Waals surface area contributed by atoms with Crippen LogP contribution in [0.1, 0.15) is 19.8 Å². The SMILES string of the molecule is CCC(CC=O)(N(C)C)S(=O)(=O)O. The molecule has 0 amide bonds. The molecule has 0 aliphatic heterocycles. The van der Waals surface area contributed by atoms with Crippen LogP contribution in [0.3, 0.4) is 0 Å². The zero-order valence-corrected chi connectivity index (χ0v) is 8.84. The summed E-state index contributed by atoms with van der Waals surface area (Å²) in [5.41, 5.74) is 0. The van der Waals surface area contributed by atoms with Gasteiger partial charge in [0.25, 0.3) is 10.1 Å². The Morgan fingerprint density at radius 3 is 2.00 bits per heavy atom. The number of carbonyl (C=O) groups excluding carboxylic acids is 1. The minimum atomic E-state index is -4.24. The van der Waals surface area contributed by atoms with Gasteiger partial charge in [-0.05, 0) is 20.5 Å². The number of hydrogen-bond acceptors (Lipinski definition) is 4. The second-order valence-electron chi connectivity index (χ2n) is 3.04. The Hall–Kier alpha value is -0.460. The highest BCUT2D eigenvalue weighted by atomic mass is 32.2. The van der Waals surface area contributed by atoms with E-state index in [9.17, 15) is 13.2 Å². The molecule has 0 bridgehead atoms. The third-order valence-electron chi connectivity index (χ3n) is 2.25. The van der Waals surface area contributed by atoms with Gasteiger partial charge in [0.1, 0.15) is 6.29 Å². The Labute approximate surface area is 78.5 Å². The average molecular weight is 209 g/mol. The summed E-state index contributed by atoms with van der Waals surface area (Å²) in [4.78, 5) is 10.2. The van der Waals surface area contributed by atoms with Gasteiger partial charge in [-0.15, -0.1) is 0 Å². The predicted molar refractivity (Wildman–Crippen MR) is 48.9 cm³/mol. The number of aldehydes is 1. The standard InChI is InChI=1S/C7H15NO4S/c1-4-7(5-6-9,8(2)3)13(10,11)12/h6H,4-5H2,1-3H3,(H,10,11,12). The van der Waals surface area contributed by atoms with Gasteiger partial charge in [-0.3, -0.25) is 9.45 Å². The van der Waals surface area contributed by atoms with Crippen molar-refractivity contribution >= 4 is 16.4 Å². The highest BCUT2D eigenvalue weighted by Gasteiger charge is 2.43. The van der Waals surface area contributed by atoms with Gasteiger partial charge < -0.3 is 4.79 Å². The summed E-state index contributed by atoms with van der Waals surface area (Å²) in [7, 11) is -1.21. The summed E-state index contributed by atoms with van der Waals surface area (Å²) in [6.07, 6.45) is 0.435. The third-order valence-corrected chi connectivity index (χ3v) is 4.03. The molecule has 0 rings (SSSR count). The molecule has 0 aliphatic rings. The maximum atomic E-state index is 11.1. The van der Waals surface area contributed by atoms with Crippen LogP contribution in [0.5, 0.6) is 0 Å². The van der Waals surface area contributed by atoms with Crippen LogP contribution in [0.4, 0.5) is 0 Å². The van der Waals surface area contributed by atoms with Gasteiger partial charge in [-0.2, -0.15) is 8.42 Å². The van der Waals surface area contributed by atoms with Gasteiger partial charge >= 0.3 is 0 Å². The molecule has 6 heteroatoms. The molecule has 0 spiro atoms. The molecule has 0 saturated carbocycles. The van der Waals surface area contributed by atoms with Crippen LogP contribution in [0, 0.1) is 0 Å². The molecule has 0 saturated heterocycles. The minimum Gasteiger partial charge on any atom is -0.303 e. The molecule has 0 aromatic heterocycles. The monoisotopic (exact) mass is 209 g/mol. The van der Waals surface area contributed by atoms with Crippen molar-refractivity contribution < 1.29 is 17.8 Å². The molecular formula is C7H15NO4S. The summed E-state index contributed by atoms with van der Waals surface area (Å²) < 4.78 is 31.1. The van der Waals surface area contributed by atoms with Gasteiger partial charge in [0.15, 0.2) is 4.87 Å². The molecule has 13 heavy (non-hydrogen) atoms. The van der Waals surface area contributed by atoms with E-state index in [4.69, 9.17) is 4.55 Å². The minimum absolute atomic E-state index is 0.164. The first-order valence-electron chi connectivity index (χ1n) is 3.90. The Kier molecular flexibility index (Phi) is 4.02. The molecule has 0 aromatic rings. The Morgan fingerprint density at radius 2 is 1.92 bits per heavy atom. The van der Waals surface area contributed by atoms with Crippen LogP contribution in [0.25, 0.3) is 0 Å². The summed E-state index contributed by atoms with van der Waals surface area (Å²) in [6, 6.07) is 0. The number of hydrogen-bond donors (Lipinski definition) is 1. The fourth-order valence-electron chi connectivity index (χ4n) is 1.29. The smallest absolute Gasteiger partial charge is 0.284 e. The molecular weight excluding hydrogens is 194 g/mol. The van der Waals surface area contributed by atoms with E-state index in [0.717, 1.165) is 0 Å². The zero-order valence-electron chi connectivity index (χ0n) is 8.02. The quantitative estimate of drug-likeness (QED) is 0.514. The van der Waals surface area contributed by atoms with Crippen molar-refractivity contribution in [2.24, 2.45) is 0 Å².